The van der Waals surface area contributed by atoms with Crippen LogP contribution in [-0.4, -0.2) is 79.1 Å². The highest BCUT2D eigenvalue weighted by atomic mass is 19.4. The molecule has 2 aromatic carbocycles. The van der Waals surface area contributed by atoms with Crippen LogP contribution in [0.5, 0.6) is 5.75 Å². The van der Waals surface area contributed by atoms with Gasteiger partial charge in [0.1, 0.15) is 29.8 Å². The highest BCUT2D eigenvalue weighted by Gasteiger charge is 2.47. The van der Waals surface area contributed by atoms with E-state index in [4.69, 9.17) is 10.5 Å². The van der Waals surface area contributed by atoms with E-state index in [0.29, 0.717) is 49.7 Å². The number of ether oxygens (including phenoxy) is 2. The number of nitrogens with zero attached hydrogens (tertiary/aromatic N) is 4. The average Bonchev–Trinajstić information content (AvgIpc) is 3.26. The number of amidine groups is 1. The summed E-state index contributed by atoms with van der Waals surface area (Å²) in [7, 11) is 0. The third kappa shape index (κ3) is 6.36. The molecule has 0 saturated carbocycles. The lowest BCUT2D eigenvalue weighted by molar-refractivity contribution is -0.274. The first-order chi connectivity index (χ1) is 20.0. The lowest BCUT2D eigenvalue weighted by Crippen LogP contribution is -2.46. The van der Waals surface area contributed by atoms with E-state index in [1.54, 1.807) is 11.1 Å². The number of carbonyl (C=O) groups excluding carboxylic acids is 2. The van der Waals surface area contributed by atoms with Gasteiger partial charge in [-0.3, -0.25) is 14.7 Å². The normalized spacial score (nSPS) is 20.7. The number of ketones is 1. The number of fused-ring (bicyclic) bond motifs is 1. The molecular formula is C27H27F4N7O4. The van der Waals surface area contributed by atoms with Gasteiger partial charge in [0.25, 0.3) is 0 Å². The number of halogens is 4. The van der Waals surface area contributed by atoms with Crippen LogP contribution in [0.15, 0.2) is 63.8 Å². The van der Waals surface area contributed by atoms with Crippen molar-refractivity contribution < 1.29 is 36.6 Å². The number of nitrogens with one attached hydrogen (secondary N) is 2. The minimum Gasteiger partial charge on any atom is -0.406 e. The van der Waals surface area contributed by atoms with Gasteiger partial charge in [-0.2, -0.15) is 5.10 Å². The monoisotopic (exact) mass is 589 g/mol. The van der Waals surface area contributed by atoms with Gasteiger partial charge in [-0.1, -0.05) is 6.07 Å². The third-order valence-electron chi connectivity index (χ3n) is 6.97. The number of hydrogen-bond acceptors (Lipinski definition) is 9. The van der Waals surface area contributed by atoms with Crippen LogP contribution in [-0.2, 0) is 9.53 Å². The number of hydrazone groups is 1. The number of anilines is 2. The van der Waals surface area contributed by atoms with Crippen molar-refractivity contribution in [3.63, 3.8) is 0 Å². The van der Waals surface area contributed by atoms with E-state index >= 15 is 4.39 Å². The summed E-state index contributed by atoms with van der Waals surface area (Å²) < 4.78 is 61.6. The Morgan fingerprint density at radius 3 is 2.48 bits per heavy atom. The molecule has 2 aromatic rings. The number of aliphatic imine (C=N–C) groups is 1. The van der Waals surface area contributed by atoms with Crippen LogP contribution in [0.2, 0.25) is 0 Å². The Balaban J connectivity index is 1.36. The Morgan fingerprint density at radius 1 is 1.12 bits per heavy atom. The van der Waals surface area contributed by atoms with E-state index in [-0.39, 0.29) is 23.0 Å². The molecule has 42 heavy (non-hydrogen) atoms. The minimum atomic E-state index is -4.85. The molecule has 15 heteroatoms. The Morgan fingerprint density at radius 2 is 1.83 bits per heavy atom. The molecule has 0 radical (unpaired) electrons. The van der Waals surface area contributed by atoms with Gasteiger partial charge in [-0.15, -0.1) is 13.2 Å². The fraction of sp³-hybridized carbons (Fsp3) is 0.333. The van der Waals surface area contributed by atoms with Crippen molar-refractivity contribution in [2.45, 2.75) is 25.2 Å². The fourth-order valence-corrected chi connectivity index (χ4v) is 5.18. The van der Waals surface area contributed by atoms with Crippen LogP contribution in [0, 0.1) is 5.82 Å². The minimum absolute atomic E-state index is 0.154. The maximum atomic E-state index is 15.3. The first kappa shape index (κ1) is 29.0. The van der Waals surface area contributed by atoms with Gasteiger partial charge in [-0.25, -0.2) is 14.2 Å². The second-order valence-corrected chi connectivity index (χ2v) is 9.75. The molecule has 2 atom stereocenters. The van der Waals surface area contributed by atoms with Crippen molar-refractivity contribution >= 4 is 35.4 Å². The molecule has 1 saturated heterocycles. The van der Waals surface area contributed by atoms with Gasteiger partial charge in [0.15, 0.2) is 5.78 Å². The zero-order chi connectivity index (χ0) is 30.0. The number of benzene rings is 2. The fourth-order valence-electron chi connectivity index (χ4n) is 5.18. The molecule has 1 fully saturated rings. The number of Topliss-reactive ketones (excluding diaryl/α,β-unsaturated/α-hetero) is 1. The zero-order valence-corrected chi connectivity index (χ0v) is 22.3. The highest BCUT2D eigenvalue weighted by Crippen LogP contribution is 2.43. The predicted octanol–water partition coefficient (Wildman–Crippen LogP) is 3.63. The summed E-state index contributed by atoms with van der Waals surface area (Å²) in [5.74, 6) is -1.90. The number of amides is 2. The second kappa shape index (κ2) is 11.8. The molecule has 2 amide bonds. The summed E-state index contributed by atoms with van der Waals surface area (Å²) in [6.45, 7) is 4.33. The third-order valence-corrected chi connectivity index (χ3v) is 6.97. The van der Waals surface area contributed by atoms with E-state index in [1.807, 2.05) is 0 Å². The summed E-state index contributed by atoms with van der Waals surface area (Å²) in [5, 5.41) is 10.8. The number of morpholine rings is 1. The topological polar surface area (TPSA) is 134 Å². The van der Waals surface area contributed by atoms with Crippen molar-refractivity contribution in [2.75, 3.05) is 43.5 Å². The lowest BCUT2D eigenvalue weighted by Gasteiger charge is -2.32. The van der Waals surface area contributed by atoms with Crippen molar-refractivity contribution in [3.8, 4) is 5.75 Å². The molecule has 3 aliphatic heterocycles. The lowest BCUT2D eigenvalue weighted by atomic mass is 9.84. The van der Waals surface area contributed by atoms with Gasteiger partial charge >= 0.3 is 12.4 Å². The van der Waals surface area contributed by atoms with Crippen molar-refractivity contribution in [3.05, 3.63) is 65.1 Å². The number of nitrogens with two attached hydrogens (primary N) is 1. The molecule has 0 spiro atoms. The maximum absolute atomic E-state index is 15.3. The summed E-state index contributed by atoms with van der Waals surface area (Å²) >= 11 is 0. The summed E-state index contributed by atoms with van der Waals surface area (Å²) in [5.41, 5.74) is 7.81. The molecule has 4 N–H and O–H groups in total. The molecule has 3 heterocycles. The van der Waals surface area contributed by atoms with Gasteiger partial charge in [0, 0.05) is 36.8 Å². The van der Waals surface area contributed by atoms with Gasteiger partial charge < -0.3 is 25.8 Å². The number of hydrogen-bond donors (Lipinski definition) is 3. The smallest absolute Gasteiger partial charge is 0.406 e. The van der Waals surface area contributed by atoms with Crippen molar-refractivity contribution in [2.24, 2.45) is 15.8 Å². The summed E-state index contributed by atoms with van der Waals surface area (Å²) in [6.07, 6.45) is -3.53. The van der Waals surface area contributed by atoms with E-state index in [9.17, 15) is 22.8 Å². The van der Waals surface area contributed by atoms with E-state index in [1.165, 1.54) is 37.5 Å². The molecule has 5 rings (SSSR count). The van der Waals surface area contributed by atoms with Crippen LogP contribution in [0.4, 0.5) is 33.7 Å². The molecule has 3 aliphatic rings. The first-order valence-electron chi connectivity index (χ1n) is 12.9. The molecule has 0 aromatic heterocycles. The quantitative estimate of drug-likeness (QED) is 0.420. The first-order valence-corrected chi connectivity index (χ1v) is 12.9. The number of urea groups is 1. The van der Waals surface area contributed by atoms with Gasteiger partial charge in [0.2, 0.25) is 0 Å². The van der Waals surface area contributed by atoms with Crippen LogP contribution >= 0.6 is 0 Å². The van der Waals surface area contributed by atoms with Crippen molar-refractivity contribution in [1.82, 2.24) is 9.91 Å². The number of carbonyl (C=O) groups is 2. The van der Waals surface area contributed by atoms with Crippen LogP contribution in [0.1, 0.15) is 18.4 Å². The molecular weight excluding hydrogens is 562 g/mol. The Labute approximate surface area is 237 Å². The highest BCUT2D eigenvalue weighted by molar-refractivity contribution is 6.02. The predicted molar refractivity (Wildman–Crippen MR) is 146 cm³/mol. The number of rotatable bonds is 7. The Bertz CT molecular complexity index is 1450. The standard InChI is InChI=1S/C27H27F4N7O4/c1-15(39)22-21(13-37-8-10-41-11-9-37)38-24(25(32)33-14-34-38)23(22)16-2-7-20(19(28)12-16)36-26(40)35-17-3-5-18(6-4-17)42-27(29,30)31/h2-7,12,14,23-24H,8-11,13H2,1H3,(H2,32,33,34)(H2,35,36,40). The van der Waals surface area contributed by atoms with E-state index in [0.717, 1.165) is 12.1 Å². The van der Waals surface area contributed by atoms with Crippen LogP contribution < -0.4 is 21.1 Å². The van der Waals surface area contributed by atoms with Gasteiger partial charge in [0.05, 0.1) is 24.6 Å². The number of alkyl halides is 3. The second-order valence-electron chi connectivity index (χ2n) is 9.75. The van der Waals surface area contributed by atoms with Gasteiger partial charge in [-0.05, 0) is 48.9 Å². The van der Waals surface area contributed by atoms with Crippen LogP contribution in [0.3, 0.4) is 0 Å². The Kier molecular flexibility index (Phi) is 8.13. The zero-order valence-electron chi connectivity index (χ0n) is 22.3. The summed E-state index contributed by atoms with van der Waals surface area (Å²) in [6, 6.07) is 7.15. The largest absolute Gasteiger partial charge is 0.573 e. The molecule has 11 nitrogen and oxygen atoms in total. The molecule has 0 aliphatic carbocycles. The van der Waals surface area contributed by atoms with E-state index < -0.39 is 35.9 Å². The average molecular weight is 590 g/mol. The molecule has 0 bridgehead atoms. The van der Waals surface area contributed by atoms with Crippen LogP contribution in [0.25, 0.3) is 0 Å². The summed E-state index contributed by atoms with van der Waals surface area (Å²) in [4.78, 5) is 31.8. The molecule has 222 valence electrons. The Hall–Kier alpha value is -4.50. The SMILES string of the molecule is CC(=O)C1=C(CN2CCOCC2)N2N=CN=C(N)C2C1c1ccc(NC(=O)Nc2ccc(OC(F)(F)F)cc2)c(F)c1. The van der Waals surface area contributed by atoms with Crippen molar-refractivity contribution in [1.29, 1.82) is 0 Å². The molecule has 2 unspecified atom stereocenters. The maximum Gasteiger partial charge on any atom is 0.573 e. The van der Waals surface area contributed by atoms with E-state index in [2.05, 4.69) is 30.4 Å².